The van der Waals surface area contributed by atoms with Gasteiger partial charge >= 0.3 is 0 Å². The summed E-state index contributed by atoms with van der Waals surface area (Å²) in [5, 5.41) is 6.78. The smallest absolute Gasteiger partial charge is 0.248 e. The van der Waals surface area contributed by atoms with Crippen LogP contribution in [0, 0.1) is 13.8 Å². The van der Waals surface area contributed by atoms with Crippen LogP contribution in [0.4, 0.5) is 5.69 Å². The van der Waals surface area contributed by atoms with Crippen molar-refractivity contribution in [2.45, 2.75) is 13.8 Å². The quantitative estimate of drug-likeness (QED) is 0.743. The van der Waals surface area contributed by atoms with Crippen LogP contribution in [0.5, 0.6) is 0 Å². The summed E-state index contributed by atoms with van der Waals surface area (Å²) in [6.07, 6.45) is 3.21. The van der Waals surface area contributed by atoms with E-state index < -0.39 is 0 Å². The van der Waals surface area contributed by atoms with E-state index in [9.17, 15) is 4.79 Å². The van der Waals surface area contributed by atoms with Crippen molar-refractivity contribution in [1.82, 2.24) is 9.97 Å². The fourth-order valence-electron chi connectivity index (χ4n) is 1.92. The summed E-state index contributed by atoms with van der Waals surface area (Å²) in [5.74, 6) is -0.166. The van der Waals surface area contributed by atoms with E-state index in [-0.39, 0.29) is 5.91 Å². The highest BCUT2D eigenvalue weighted by Gasteiger charge is 2.03. The maximum atomic E-state index is 11.9. The molecule has 2 heterocycles. The molecule has 0 bridgehead atoms. The van der Waals surface area contributed by atoms with E-state index >= 15 is 0 Å². The van der Waals surface area contributed by atoms with E-state index in [1.54, 1.807) is 28.7 Å². The van der Waals surface area contributed by atoms with Crippen molar-refractivity contribution in [2.24, 2.45) is 0 Å². The highest BCUT2D eigenvalue weighted by molar-refractivity contribution is 7.18. The van der Waals surface area contributed by atoms with Crippen molar-refractivity contribution in [3.8, 4) is 0 Å². The van der Waals surface area contributed by atoms with Gasteiger partial charge < -0.3 is 5.32 Å². The Morgan fingerprint density at radius 3 is 2.86 bits per heavy atom. The van der Waals surface area contributed by atoms with Gasteiger partial charge in [-0.2, -0.15) is 0 Å². The average Bonchev–Trinajstić information content (AvgIpc) is 3.01. The van der Waals surface area contributed by atoms with Crippen LogP contribution >= 0.6 is 22.7 Å². The van der Waals surface area contributed by atoms with Crippen molar-refractivity contribution in [2.75, 3.05) is 5.32 Å². The Morgan fingerprint density at radius 2 is 2.10 bits per heavy atom. The molecule has 0 unspecified atom stereocenters. The second-order valence-corrected chi connectivity index (χ2v) is 6.83. The van der Waals surface area contributed by atoms with Crippen LogP contribution < -0.4 is 5.32 Å². The molecule has 3 rings (SSSR count). The van der Waals surface area contributed by atoms with Crippen molar-refractivity contribution < 1.29 is 4.79 Å². The van der Waals surface area contributed by atoms with E-state index in [0.717, 1.165) is 31.6 Å². The third kappa shape index (κ3) is 3.34. The fourth-order valence-corrected chi connectivity index (χ4v) is 3.37. The Hall–Kier alpha value is -2.05. The van der Waals surface area contributed by atoms with Gasteiger partial charge in [-0.25, -0.2) is 9.97 Å². The predicted molar refractivity (Wildman–Crippen MR) is 88.9 cm³/mol. The minimum atomic E-state index is -0.166. The van der Waals surface area contributed by atoms with Gasteiger partial charge in [-0.15, -0.1) is 22.7 Å². The molecule has 0 atom stereocenters. The molecule has 0 aliphatic heterocycles. The number of carbonyl (C=O) groups excluding carboxylic acids is 1. The molecular formula is C15H13N3OS2. The average molecular weight is 315 g/mol. The number of benzene rings is 1. The van der Waals surface area contributed by atoms with Crippen molar-refractivity contribution in [1.29, 1.82) is 0 Å². The Morgan fingerprint density at radius 1 is 1.24 bits per heavy atom. The van der Waals surface area contributed by atoms with E-state index in [0.29, 0.717) is 0 Å². The molecule has 1 N–H and O–H groups in total. The lowest BCUT2D eigenvalue weighted by molar-refractivity contribution is -0.111. The largest absolute Gasteiger partial charge is 0.322 e. The summed E-state index contributed by atoms with van der Waals surface area (Å²) in [6, 6.07) is 5.72. The lowest BCUT2D eigenvalue weighted by Crippen LogP contribution is -2.07. The first-order valence-corrected chi connectivity index (χ1v) is 8.08. The van der Waals surface area contributed by atoms with E-state index in [4.69, 9.17) is 0 Å². The number of thiazole rings is 2. The monoisotopic (exact) mass is 315 g/mol. The predicted octanol–water partition coefficient (Wildman–Crippen LogP) is 4.02. The lowest BCUT2D eigenvalue weighted by Gasteiger charge is -2.01. The first-order chi connectivity index (χ1) is 10.1. The van der Waals surface area contributed by atoms with Crippen LogP contribution in [0.2, 0.25) is 0 Å². The molecule has 4 nitrogen and oxygen atoms in total. The van der Waals surface area contributed by atoms with Crippen LogP contribution in [0.15, 0.2) is 29.7 Å². The van der Waals surface area contributed by atoms with Crippen molar-refractivity contribution in [3.05, 3.63) is 45.4 Å². The summed E-state index contributed by atoms with van der Waals surface area (Å²) < 4.78 is 1.07. The van der Waals surface area contributed by atoms with Gasteiger partial charge in [-0.05, 0) is 38.1 Å². The molecule has 0 aliphatic rings. The zero-order valence-electron chi connectivity index (χ0n) is 11.6. The van der Waals surface area contributed by atoms with E-state index in [2.05, 4.69) is 15.3 Å². The van der Waals surface area contributed by atoms with Crippen LogP contribution in [-0.2, 0) is 4.79 Å². The second kappa shape index (κ2) is 5.75. The number of hydrogen-bond acceptors (Lipinski definition) is 5. The van der Waals surface area contributed by atoms with E-state index in [1.807, 2.05) is 37.4 Å². The highest BCUT2D eigenvalue weighted by atomic mass is 32.1. The topological polar surface area (TPSA) is 54.9 Å². The van der Waals surface area contributed by atoms with Gasteiger partial charge in [0.05, 0.1) is 25.9 Å². The SMILES string of the molecule is Cc1nc(/C=C/C(=O)Nc2ccc3nc(C)sc3c2)cs1. The number of fused-ring (bicyclic) bond motifs is 1. The molecule has 106 valence electrons. The maximum Gasteiger partial charge on any atom is 0.248 e. The van der Waals surface area contributed by atoms with Gasteiger partial charge in [0, 0.05) is 17.1 Å². The van der Waals surface area contributed by atoms with Crippen LogP contribution in [0.25, 0.3) is 16.3 Å². The van der Waals surface area contributed by atoms with E-state index in [1.165, 1.54) is 6.08 Å². The molecule has 0 spiro atoms. The molecule has 0 radical (unpaired) electrons. The third-order valence-electron chi connectivity index (χ3n) is 2.81. The molecule has 0 saturated carbocycles. The molecule has 2 aromatic heterocycles. The van der Waals surface area contributed by atoms with Gasteiger partial charge in [0.25, 0.3) is 0 Å². The molecular weight excluding hydrogens is 302 g/mol. The summed E-state index contributed by atoms with van der Waals surface area (Å²) in [7, 11) is 0. The highest BCUT2D eigenvalue weighted by Crippen LogP contribution is 2.24. The molecule has 6 heteroatoms. The van der Waals surface area contributed by atoms with Gasteiger partial charge in [0.2, 0.25) is 5.91 Å². The molecule has 21 heavy (non-hydrogen) atoms. The second-order valence-electron chi connectivity index (χ2n) is 4.53. The molecule has 1 amide bonds. The minimum absolute atomic E-state index is 0.166. The van der Waals surface area contributed by atoms with Gasteiger partial charge in [0.15, 0.2) is 0 Å². The lowest BCUT2D eigenvalue weighted by atomic mass is 10.3. The van der Waals surface area contributed by atoms with Crippen LogP contribution in [0.3, 0.4) is 0 Å². The molecule has 0 aliphatic carbocycles. The number of nitrogens with zero attached hydrogens (tertiary/aromatic N) is 2. The zero-order valence-corrected chi connectivity index (χ0v) is 13.2. The molecule has 0 saturated heterocycles. The molecule has 1 aromatic carbocycles. The Kier molecular flexibility index (Phi) is 3.81. The zero-order chi connectivity index (χ0) is 14.8. The van der Waals surface area contributed by atoms with Crippen LogP contribution in [-0.4, -0.2) is 15.9 Å². The summed E-state index contributed by atoms with van der Waals surface area (Å²) in [6.45, 7) is 3.91. The summed E-state index contributed by atoms with van der Waals surface area (Å²) in [5.41, 5.74) is 2.54. The number of nitrogens with one attached hydrogen (secondary N) is 1. The number of hydrogen-bond donors (Lipinski definition) is 1. The molecule has 3 aromatic rings. The number of aromatic nitrogens is 2. The van der Waals surface area contributed by atoms with Crippen molar-refractivity contribution >= 4 is 50.6 Å². The number of carbonyl (C=O) groups is 1. The number of aryl methyl sites for hydroxylation is 2. The first kappa shape index (κ1) is 13.9. The number of rotatable bonds is 3. The summed E-state index contributed by atoms with van der Waals surface area (Å²) >= 11 is 3.18. The minimum Gasteiger partial charge on any atom is -0.322 e. The number of anilines is 1. The van der Waals surface area contributed by atoms with Gasteiger partial charge in [-0.1, -0.05) is 0 Å². The first-order valence-electron chi connectivity index (χ1n) is 6.38. The third-order valence-corrected chi connectivity index (χ3v) is 4.53. The maximum absolute atomic E-state index is 11.9. The fraction of sp³-hybridized carbons (Fsp3) is 0.133. The Bertz CT molecular complexity index is 832. The standard InChI is InChI=1S/C15H13N3OS2/c1-9-16-12(8-20-9)4-6-15(19)18-11-3-5-13-14(7-11)21-10(2)17-13/h3-8H,1-2H3,(H,18,19)/b6-4+. The van der Waals surface area contributed by atoms with Crippen molar-refractivity contribution in [3.63, 3.8) is 0 Å². The van der Waals surface area contributed by atoms with Gasteiger partial charge in [0.1, 0.15) is 0 Å². The van der Waals surface area contributed by atoms with Crippen LogP contribution in [0.1, 0.15) is 15.7 Å². The summed E-state index contributed by atoms with van der Waals surface area (Å²) in [4.78, 5) is 20.6. The van der Waals surface area contributed by atoms with Gasteiger partial charge in [-0.3, -0.25) is 4.79 Å². The molecule has 0 fully saturated rings. The Balaban J connectivity index is 1.72. The number of amides is 1. The normalized spacial score (nSPS) is 11.3. The Labute approximate surface area is 130 Å².